The number of aromatic carboxylic acids is 2. The number of hydrogen-bond donors (Lipinski definition) is 3. The van der Waals surface area contributed by atoms with Gasteiger partial charge in [-0.1, -0.05) is 0 Å². The van der Waals surface area contributed by atoms with Crippen LogP contribution in [-0.2, 0) is 10.1 Å². The number of rotatable bonds is 3. The van der Waals surface area contributed by atoms with Gasteiger partial charge in [0.1, 0.15) is 0 Å². The van der Waals surface area contributed by atoms with E-state index < -0.39 is 38.1 Å². The third kappa shape index (κ3) is 4.47. The maximum Gasteiger partial charge on any atom is 1.00 e. The Hall–Kier alpha value is -0.294. The van der Waals surface area contributed by atoms with Crippen molar-refractivity contribution in [2.45, 2.75) is 4.90 Å². The Labute approximate surface area is 139 Å². The molecular weight excluding hydrogens is 279 g/mol. The molecule has 9 heteroatoms. The first-order chi connectivity index (χ1) is 7.21. The molecule has 0 aromatic heterocycles. The fourth-order valence-corrected chi connectivity index (χ4v) is 1.55. The van der Waals surface area contributed by atoms with Gasteiger partial charge in [0, 0.05) is 0 Å². The van der Waals surface area contributed by atoms with Crippen LogP contribution in [0.5, 0.6) is 0 Å². The van der Waals surface area contributed by atoms with Crippen molar-refractivity contribution in [1.82, 2.24) is 0 Å². The smallest absolute Gasteiger partial charge is 0.478 e. The quantitative estimate of drug-likeness (QED) is 0.408. The fraction of sp³-hybridized carbons (Fsp3) is 0. The Kier molecular flexibility index (Phi) is 5.94. The Morgan fingerprint density at radius 3 is 1.53 bits per heavy atom. The van der Waals surface area contributed by atoms with Gasteiger partial charge in [-0.15, -0.1) is 0 Å². The minimum atomic E-state index is -4.64. The van der Waals surface area contributed by atoms with Crippen molar-refractivity contribution in [3.8, 4) is 0 Å². The molecule has 1 rings (SSSR count). The zero-order valence-corrected chi connectivity index (χ0v) is 12.6. The molecule has 0 bridgehead atoms. The van der Waals surface area contributed by atoms with E-state index in [0.29, 0.717) is 12.1 Å². The van der Waals surface area contributed by atoms with Crippen molar-refractivity contribution in [2.75, 3.05) is 0 Å². The van der Waals surface area contributed by atoms with Gasteiger partial charge in [-0.25, -0.2) is 9.59 Å². The van der Waals surface area contributed by atoms with Gasteiger partial charge in [-0.3, -0.25) is 4.55 Å². The third-order valence-corrected chi connectivity index (χ3v) is 2.53. The van der Waals surface area contributed by atoms with Crippen LogP contribution in [0.1, 0.15) is 20.7 Å². The largest absolute Gasteiger partial charge is 1.00 e. The van der Waals surface area contributed by atoms with E-state index >= 15 is 0 Å². The first-order valence-electron chi connectivity index (χ1n) is 3.81. The minimum Gasteiger partial charge on any atom is -0.478 e. The van der Waals surface area contributed by atoms with E-state index in [9.17, 15) is 18.0 Å². The summed E-state index contributed by atoms with van der Waals surface area (Å²) in [7, 11) is -4.64. The average molecular weight is 285 g/mol. The molecule has 0 spiro atoms. The van der Waals surface area contributed by atoms with Crippen LogP contribution in [0.25, 0.3) is 0 Å². The van der Waals surface area contributed by atoms with Crippen molar-refractivity contribution in [3.63, 3.8) is 0 Å². The SMILES string of the molecule is O=C(O)c1cc(C(=O)O)cc(S(=O)(=O)O)c1.[K+]. The first kappa shape index (κ1) is 16.7. The van der Waals surface area contributed by atoms with Crippen molar-refractivity contribution >= 4 is 22.1 Å². The van der Waals surface area contributed by atoms with Gasteiger partial charge in [-0.2, -0.15) is 8.42 Å². The first-order valence-corrected chi connectivity index (χ1v) is 5.25. The summed E-state index contributed by atoms with van der Waals surface area (Å²) in [6.07, 6.45) is 0. The predicted octanol–water partition coefficient (Wildman–Crippen LogP) is -2.67. The number of carboxylic acids is 2. The normalized spacial score (nSPS) is 10.4. The molecule has 0 amide bonds. The third-order valence-electron chi connectivity index (χ3n) is 1.70. The van der Waals surface area contributed by atoms with E-state index in [2.05, 4.69) is 0 Å². The van der Waals surface area contributed by atoms with Gasteiger partial charge in [0.05, 0.1) is 16.0 Å². The second kappa shape index (κ2) is 6.04. The molecule has 0 aliphatic rings. The van der Waals surface area contributed by atoms with Crippen LogP contribution in [-0.4, -0.2) is 35.1 Å². The maximum atomic E-state index is 10.8. The van der Waals surface area contributed by atoms with Gasteiger partial charge in [0.25, 0.3) is 10.1 Å². The van der Waals surface area contributed by atoms with E-state index in [1.807, 2.05) is 0 Å². The average Bonchev–Trinajstić information content (AvgIpc) is 2.15. The van der Waals surface area contributed by atoms with Gasteiger partial charge in [-0.05, 0) is 18.2 Å². The molecule has 0 saturated heterocycles. The van der Waals surface area contributed by atoms with E-state index in [-0.39, 0.29) is 51.4 Å². The minimum absolute atomic E-state index is 0. The molecule has 3 N–H and O–H groups in total. The maximum absolute atomic E-state index is 10.8. The molecule has 1 aromatic carbocycles. The van der Waals surface area contributed by atoms with Crippen molar-refractivity contribution in [3.05, 3.63) is 29.3 Å². The van der Waals surface area contributed by atoms with Crippen molar-refractivity contribution in [1.29, 1.82) is 0 Å². The number of hydrogen-bond acceptors (Lipinski definition) is 4. The van der Waals surface area contributed by atoms with Crippen LogP contribution in [0.2, 0.25) is 0 Å². The Morgan fingerprint density at radius 1 is 0.941 bits per heavy atom. The summed E-state index contributed by atoms with van der Waals surface area (Å²) in [6, 6.07) is 2.13. The fourth-order valence-electron chi connectivity index (χ4n) is 0.995. The molecule has 0 saturated carbocycles. The molecule has 0 heterocycles. The van der Waals surface area contributed by atoms with E-state index in [1.165, 1.54) is 0 Å². The Balaban J connectivity index is 0.00000256. The number of benzene rings is 1. The molecule has 17 heavy (non-hydrogen) atoms. The topological polar surface area (TPSA) is 129 Å². The van der Waals surface area contributed by atoms with Crippen LogP contribution in [0.4, 0.5) is 0 Å². The molecule has 0 radical (unpaired) electrons. The molecule has 0 aliphatic heterocycles. The summed E-state index contributed by atoms with van der Waals surface area (Å²) in [6.45, 7) is 0. The predicted molar refractivity (Wildman–Crippen MR) is 50.2 cm³/mol. The van der Waals surface area contributed by atoms with Crippen molar-refractivity contribution in [2.24, 2.45) is 0 Å². The van der Waals surface area contributed by atoms with Crippen LogP contribution in [0.3, 0.4) is 0 Å². The number of carboxylic acid groups (broad SMARTS) is 2. The summed E-state index contributed by atoms with van der Waals surface area (Å²) < 4.78 is 30.2. The summed E-state index contributed by atoms with van der Waals surface area (Å²) in [5, 5.41) is 17.2. The summed E-state index contributed by atoms with van der Waals surface area (Å²) >= 11 is 0. The van der Waals surface area contributed by atoms with Crippen LogP contribution >= 0.6 is 0 Å². The molecular formula is C8H6KO7S+. The summed E-state index contributed by atoms with van der Waals surface area (Å²) in [5.41, 5.74) is -1.07. The van der Waals surface area contributed by atoms with Gasteiger partial charge in [0.15, 0.2) is 0 Å². The molecule has 0 aliphatic carbocycles. The molecule has 0 unspecified atom stereocenters. The zero-order valence-electron chi connectivity index (χ0n) is 8.61. The van der Waals surface area contributed by atoms with Gasteiger partial charge < -0.3 is 10.2 Å². The summed E-state index contributed by atoms with van der Waals surface area (Å²) in [5.74, 6) is -2.99. The van der Waals surface area contributed by atoms with E-state index in [1.54, 1.807) is 0 Å². The van der Waals surface area contributed by atoms with E-state index in [4.69, 9.17) is 14.8 Å². The van der Waals surface area contributed by atoms with Crippen LogP contribution in [0, 0.1) is 0 Å². The van der Waals surface area contributed by atoms with Crippen molar-refractivity contribution < 1.29 is 84.2 Å². The Bertz CT molecular complexity index is 531. The monoisotopic (exact) mass is 285 g/mol. The summed E-state index contributed by atoms with van der Waals surface area (Å²) in [4.78, 5) is 20.4. The molecule has 86 valence electrons. The van der Waals surface area contributed by atoms with Gasteiger partial charge >= 0.3 is 63.3 Å². The second-order valence-electron chi connectivity index (χ2n) is 2.83. The standard InChI is InChI=1S/C8H6O7S.K/c9-7(10)4-1-5(8(11)12)3-6(2-4)16(13,14)15;/h1-3H,(H,9,10)(H,11,12)(H,13,14,15);/q;+1. The Morgan fingerprint density at radius 2 is 1.29 bits per heavy atom. The van der Waals surface area contributed by atoms with E-state index in [0.717, 1.165) is 6.07 Å². The van der Waals surface area contributed by atoms with Crippen LogP contribution < -0.4 is 51.4 Å². The number of carbonyl (C=O) groups is 2. The molecule has 7 nitrogen and oxygen atoms in total. The van der Waals surface area contributed by atoms with Gasteiger partial charge in [0.2, 0.25) is 0 Å². The zero-order chi connectivity index (χ0) is 12.5. The van der Waals surface area contributed by atoms with Crippen LogP contribution in [0.15, 0.2) is 23.1 Å². The molecule has 1 aromatic rings. The molecule has 0 fully saturated rings. The molecule has 0 atom stereocenters. The second-order valence-corrected chi connectivity index (χ2v) is 4.25.